The molecule has 0 bridgehead atoms. The molecule has 0 saturated heterocycles. The van der Waals surface area contributed by atoms with E-state index in [1.54, 1.807) is 13.2 Å². The Morgan fingerprint density at radius 3 is 2.74 bits per heavy atom. The Balaban J connectivity index is 1.91. The Labute approximate surface area is 111 Å². The summed E-state index contributed by atoms with van der Waals surface area (Å²) in [7, 11) is 1.61. The molecule has 0 aliphatic heterocycles. The molecule has 1 heterocycles. The quantitative estimate of drug-likeness (QED) is 0.858. The molecule has 0 amide bonds. The van der Waals surface area contributed by atoms with Crippen LogP contribution in [0.3, 0.4) is 0 Å². The summed E-state index contributed by atoms with van der Waals surface area (Å²) >= 11 is 0. The van der Waals surface area contributed by atoms with E-state index in [0.29, 0.717) is 23.2 Å². The fourth-order valence-electron chi connectivity index (χ4n) is 2.55. The van der Waals surface area contributed by atoms with Crippen molar-refractivity contribution in [1.29, 1.82) is 0 Å². The molecule has 19 heavy (non-hydrogen) atoms. The number of rotatable bonds is 3. The lowest BCUT2D eigenvalue weighted by molar-refractivity contribution is 0.414. The topological polar surface area (TPSA) is 74.2 Å². The van der Waals surface area contributed by atoms with Crippen molar-refractivity contribution >= 4 is 5.69 Å². The first-order valence-electron chi connectivity index (χ1n) is 6.54. The summed E-state index contributed by atoms with van der Waals surface area (Å²) in [5.41, 5.74) is 7.25. The number of ether oxygens (including phenoxy) is 1. The van der Waals surface area contributed by atoms with E-state index in [1.165, 1.54) is 12.8 Å². The van der Waals surface area contributed by atoms with E-state index < -0.39 is 0 Å². The van der Waals surface area contributed by atoms with Crippen molar-refractivity contribution in [2.45, 2.75) is 31.6 Å². The molecule has 0 spiro atoms. The van der Waals surface area contributed by atoms with Gasteiger partial charge in [0, 0.05) is 23.2 Å². The van der Waals surface area contributed by atoms with Crippen LogP contribution in [0.15, 0.2) is 22.6 Å². The first-order chi connectivity index (χ1) is 9.26. The van der Waals surface area contributed by atoms with Gasteiger partial charge in [0.1, 0.15) is 5.75 Å². The van der Waals surface area contributed by atoms with Crippen LogP contribution in [0.25, 0.3) is 11.5 Å². The van der Waals surface area contributed by atoms with Crippen molar-refractivity contribution in [1.82, 2.24) is 10.2 Å². The molecule has 0 atom stereocenters. The van der Waals surface area contributed by atoms with Gasteiger partial charge in [-0.25, -0.2) is 0 Å². The molecule has 1 fully saturated rings. The molecular formula is C14H17N3O2. The maximum atomic E-state index is 5.83. The van der Waals surface area contributed by atoms with Crippen molar-refractivity contribution in [2.75, 3.05) is 12.8 Å². The molecule has 1 saturated carbocycles. The van der Waals surface area contributed by atoms with Gasteiger partial charge < -0.3 is 14.9 Å². The smallest absolute Gasteiger partial charge is 0.247 e. The highest BCUT2D eigenvalue weighted by atomic mass is 16.5. The summed E-state index contributed by atoms with van der Waals surface area (Å²) in [5.74, 6) is 2.36. The summed E-state index contributed by atoms with van der Waals surface area (Å²) in [6.07, 6.45) is 4.77. The first kappa shape index (κ1) is 12.0. The van der Waals surface area contributed by atoms with Gasteiger partial charge in [-0.3, -0.25) is 0 Å². The first-order valence-corrected chi connectivity index (χ1v) is 6.54. The number of methoxy groups -OCH3 is 1. The molecule has 2 aromatic rings. The molecule has 1 aromatic carbocycles. The Morgan fingerprint density at radius 2 is 2.00 bits per heavy atom. The van der Waals surface area contributed by atoms with Crippen molar-refractivity contribution < 1.29 is 9.15 Å². The van der Waals surface area contributed by atoms with Crippen molar-refractivity contribution in [3.8, 4) is 17.2 Å². The van der Waals surface area contributed by atoms with E-state index in [9.17, 15) is 0 Å². The summed E-state index contributed by atoms with van der Waals surface area (Å²) in [5, 5.41) is 8.28. The summed E-state index contributed by atoms with van der Waals surface area (Å²) < 4.78 is 11.0. The number of anilines is 1. The second-order valence-electron chi connectivity index (χ2n) is 4.92. The molecule has 0 unspecified atom stereocenters. The van der Waals surface area contributed by atoms with Crippen LogP contribution in [0.5, 0.6) is 5.75 Å². The van der Waals surface area contributed by atoms with Crippen molar-refractivity contribution in [3.05, 3.63) is 24.1 Å². The number of nitrogens with zero attached hydrogens (tertiary/aromatic N) is 2. The van der Waals surface area contributed by atoms with Crippen LogP contribution in [0.4, 0.5) is 5.69 Å². The number of benzene rings is 1. The molecule has 100 valence electrons. The van der Waals surface area contributed by atoms with Crippen molar-refractivity contribution in [3.63, 3.8) is 0 Å². The maximum Gasteiger partial charge on any atom is 0.247 e. The predicted octanol–water partition coefficient (Wildman–Crippen LogP) is 2.99. The molecule has 1 aliphatic rings. The fourth-order valence-corrected chi connectivity index (χ4v) is 2.55. The highest BCUT2D eigenvalue weighted by Gasteiger charge is 2.23. The lowest BCUT2D eigenvalue weighted by Gasteiger charge is -2.04. The third-order valence-electron chi connectivity index (χ3n) is 3.56. The molecule has 0 radical (unpaired) electrons. The number of hydrogen-bond acceptors (Lipinski definition) is 5. The van der Waals surface area contributed by atoms with Crippen molar-refractivity contribution in [2.24, 2.45) is 0 Å². The van der Waals surface area contributed by atoms with Gasteiger partial charge in [-0.15, -0.1) is 10.2 Å². The molecule has 1 aliphatic carbocycles. The van der Waals surface area contributed by atoms with Gasteiger partial charge in [-0.05, 0) is 25.0 Å². The normalized spacial score (nSPS) is 15.8. The monoisotopic (exact) mass is 259 g/mol. The third kappa shape index (κ3) is 2.41. The average molecular weight is 259 g/mol. The average Bonchev–Trinajstić information content (AvgIpc) is 3.08. The highest BCUT2D eigenvalue weighted by Crippen LogP contribution is 2.35. The lowest BCUT2D eigenvalue weighted by Crippen LogP contribution is -1.91. The van der Waals surface area contributed by atoms with E-state index >= 15 is 0 Å². The van der Waals surface area contributed by atoms with E-state index in [0.717, 1.165) is 24.3 Å². The SMILES string of the molecule is COc1cc(N)cc(-c2nnc(C3CCCC3)o2)c1. The molecule has 5 heteroatoms. The minimum absolute atomic E-state index is 0.421. The minimum atomic E-state index is 0.421. The number of nitrogens with two attached hydrogens (primary N) is 1. The molecule has 5 nitrogen and oxygen atoms in total. The van der Waals surface area contributed by atoms with Gasteiger partial charge in [0.2, 0.25) is 11.8 Å². The Kier molecular flexibility index (Phi) is 3.11. The Morgan fingerprint density at radius 1 is 1.21 bits per heavy atom. The van der Waals surface area contributed by atoms with E-state index in [2.05, 4.69) is 10.2 Å². The maximum absolute atomic E-state index is 5.83. The number of hydrogen-bond donors (Lipinski definition) is 1. The lowest BCUT2D eigenvalue weighted by atomic mass is 10.1. The Bertz CT molecular complexity index is 574. The summed E-state index contributed by atoms with van der Waals surface area (Å²) in [6.45, 7) is 0. The standard InChI is InChI=1S/C14H17N3O2/c1-18-12-7-10(6-11(15)8-12)14-17-16-13(19-14)9-4-2-3-5-9/h6-9H,2-5,15H2,1H3. The zero-order valence-electron chi connectivity index (χ0n) is 10.9. The van der Waals surface area contributed by atoms with E-state index in [4.69, 9.17) is 14.9 Å². The Hall–Kier alpha value is -2.04. The fraction of sp³-hybridized carbons (Fsp3) is 0.429. The summed E-state index contributed by atoms with van der Waals surface area (Å²) in [4.78, 5) is 0. The number of nitrogen functional groups attached to an aromatic ring is 1. The van der Waals surface area contributed by atoms with Gasteiger partial charge in [0.05, 0.1) is 7.11 Å². The summed E-state index contributed by atoms with van der Waals surface area (Å²) in [6, 6.07) is 5.43. The zero-order valence-corrected chi connectivity index (χ0v) is 10.9. The molecule has 1 aromatic heterocycles. The van der Waals surface area contributed by atoms with Crippen LogP contribution in [-0.4, -0.2) is 17.3 Å². The van der Waals surface area contributed by atoms with E-state index in [1.807, 2.05) is 12.1 Å². The van der Waals surface area contributed by atoms with Crippen LogP contribution < -0.4 is 10.5 Å². The van der Waals surface area contributed by atoms with Gasteiger partial charge >= 0.3 is 0 Å². The van der Waals surface area contributed by atoms with Crippen LogP contribution in [0, 0.1) is 0 Å². The van der Waals surface area contributed by atoms with Gasteiger partial charge in [-0.2, -0.15) is 0 Å². The zero-order chi connectivity index (χ0) is 13.2. The van der Waals surface area contributed by atoms with Crippen LogP contribution in [-0.2, 0) is 0 Å². The van der Waals surface area contributed by atoms with E-state index in [-0.39, 0.29) is 0 Å². The molecule has 3 rings (SSSR count). The largest absolute Gasteiger partial charge is 0.497 e. The van der Waals surface area contributed by atoms with Gasteiger partial charge in [0.25, 0.3) is 0 Å². The second kappa shape index (κ2) is 4.91. The highest BCUT2D eigenvalue weighted by molar-refractivity contribution is 5.63. The van der Waals surface area contributed by atoms with Crippen LogP contribution >= 0.6 is 0 Å². The third-order valence-corrected chi connectivity index (χ3v) is 3.56. The van der Waals surface area contributed by atoms with Gasteiger partial charge in [0.15, 0.2) is 0 Å². The second-order valence-corrected chi connectivity index (χ2v) is 4.92. The van der Waals surface area contributed by atoms with Gasteiger partial charge in [-0.1, -0.05) is 12.8 Å². The molecular weight excluding hydrogens is 242 g/mol. The van der Waals surface area contributed by atoms with Crippen LogP contribution in [0.2, 0.25) is 0 Å². The predicted molar refractivity (Wildman–Crippen MR) is 71.9 cm³/mol. The number of aromatic nitrogens is 2. The minimum Gasteiger partial charge on any atom is -0.497 e. The molecule has 2 N–H and O–H groups in total. The van der Waals surface area contributed by atoms with Crippen LogP contribution in [0.1, 0.15) is 37.5 Å².